The Morgan fingerprint density at radius 1 is 1.11 bits per heavy atom. The highest BCUT2D eigenvalue weighted by molar-refractivity contribution is 5.84. The summed E-state index contributed by atoms with van der Waals surface area (Å²) in [5.41, 5.74) is -0.817. The molecule has 0 aromatic carbocycles. The second-order valence-electron chi connectivity index (χ2n) is 7.11. The fourth-order valence-corrected chi connectivity index (χ4v) is 3.00. The molecule has 0 aliphatic rings. The fraction of sp³-hybridized carbons (Fsp3) is 0.700. The van der Waals surface area contributed by atoms with E-state index < -0.39 is 29.2 Å². The van der Waals surface area contributed by atoms with Crippen molar-refractivity contribution in [2.24, 2.45) is 0 Å². The van der Waals surface area contributed by atoms with Crippen LogP contribution in [0.15, 0.2) is 15.8 Å². The number of hydrogen-bond acceptors (Lipinski definition) is 5. The maximum atomic E-state index is 12.3. The van der Waals surface area contributed by atoms with Crippen LogP contribution in [0.2, 0.25) is 0 Å². The van der Waals surface area contributed by atoms with Crippen molar-refractivity contribution in [1.82, 2.24) is 14.9 Å². The van der Waals surface area contributed by atoms with Crippen LogP contribution in [-0.2, 0) is 20.9 Å². The molecule has 0 aliphatic heterocycles. The molecule has 0 aliphatic carbocycles. The molecule has 8 nitrogen and oxygen atoms in total. The number of ether oxygens (including phenoxy) is 1. The summed E-state index contributed by atoms with van der Waals surface area (Å²) in [6.45, 7) is 3.46. The highest BCUT2D eigenvalue weighted by Gasteiger charge is 2.21. The van der Waals surface area contributed by atoms with E-state index in [1.807, 2.05) is 0 Å². The van der Waals surface area contributed by atoms with E-state index in [4.69, 9.17) is 4.74 Å². The summed E-state index contributed by atoms with van der Waals surface area (Å²) < 4.78 is 5.88. The molecular weight excluding hydrogens is 362 g/mol. The molecule has 1 amide bonds. The Hall–Kier alpha value is -2.38. The maximum Gasteiger partial charge on any atom is 0.328 e. The van der Waals surface area contributed by atoms with E-state index in [0.717, 1.165) is 23.8 Å². The van der Waals surface area contributed by atoms with Crippen LogP contribution in [0.4, 0.5) is 0 Å². The number of methoxy groups -OCH3 is 1. The van der Waals surface area contributed by atoms with Gasteiger partial charge < -0.3 is 10.1 Å². The SMILES string of the molecule is CCCCCCCCCCC(NC(=O)Cn1cc(C)c(=O)[nH]c1=O)C(=O)OC. The maximum absolute atomic E-state index is 12.3. The predicted octanol–water partition coefficient (Wildman–Crippen LogP) is 2.03. The van der Waals surface area contributed by atoms with Gasteiger partial charge in [0.05, 0.1) is 7.11 Å². The Balaban J connectivity index is 2.49. The number of hydrogen-bond donors (Lipinski definition) is 2. The van der Waals surface area contributed by atoms with Crippen LogP contribution in [0.25, 0.3) is 0 Å². The molecule has 0 bridgehead atoms. The zero-order valence-corrected chi connectivity index (χ0v) is 17.2. The van der Waals surface area contributed by atoms with E-state index in [1.54, 1.807) is 6.92 Å². The molecule has 2 N–H and O–H groups in total. The quantitative estimate of drug-likeness (QED) is 0.392. The third kappa shape index (κ3) is 8.54. The van der Waals surface area contributed by atoms with Gasteiger partial charge in [0.2, 0.25) is 5.91 Å². The molecule has 1 atom stereocenters. The van der Waals surface area contributed by atoms with Crippen LogP contribution >= 0.6 is 0 Å². The first-order chi connectivity index (χ1) is 13.4. The number of esters is 1. The minimum Gasteiger partial charge on any atom is -0.467 e. The number of rotatable bonds is 13. The number of unbranched alkanes of at least 4 members (excludes halogenated alkanes) is 7. The Labute approximate surface area is 165 Å². The van der Waals surface area contributed by atoms with Crippen molar-refractivity contribution in [2.45, 2.75) is 84.2 Å². The second kappa shape index (κ2) is 12.9. The Morgan fingerprint density at radius 2 is 1.71 bits per heavy atom. The first-order valence-electron chi connectivity index (χ1n) is 10.1. The standard InChI is InChI=1S/C20H33N3O5/c1-4-5-6-7-8-9-10-11-12-16(19(26)28-3)21-17(24)14-23-13-15(2)18(25)22-20(23)27/h13,16H,4-12,14H2,1-3H3,(H,21,24)(H,22,25,27). The van der Waals surface area contributed by atoms with Gasteiger partial charge in [0, 0.05) is 11.8 Å². The zero-order chi connectivity index (χ0) is 20.9. The molecule has 0 saturated heterocycles. The molecule has 0 fully saturated rings. The van der Waals surface area contributed by atoms with Crippen molar-refractivity contribution in [3.63, 3.8) is 0 Å². The van der Waals surface area contributed by atoms with Gasteiger partial charge in [0.1, 0.15) is 12.6 Å². The minimum absolute atomic E-state index is 0.276. The molecule has 0 saturated carbocycles. The Bertz CT molecular complexity index is 738. The number of carbonyl (C=O) groups excluding carboxylic acids is 2. The summed E-state index contributed by atoms with van der Waals surface area (Å²) in [5, 5.41) is 2.63. The number of aryl methyl sites for hydroxylation is 1. The second-order valence-corrected chi connectivity index (χ2v) is 7.11. The van der Waals surface area contributed by atoms with Gasteiger partial charge in [-0.15, -0.1) is 0 Å². The van der Waals surface area contributed by atoms with E-state index in [9.17, 15) is 19.2 Å². The molecule has 0 spiro atoms. The van der Waals surface area contributed by atoms with E-state index in [-0.39, 0.29) is 6.54 Å². The monoisotopic (exact) mass is 395 g/mol. The summed E-state index contributed by atoms with van der Waals surface area (Å²) >= 11 is 0. The number of amides is 1. The zero-order valence-electron chi connectivity index (χ0n) is 17.2. The highest BCUT2D eigenvalue weighted by atomic mass is 16.5. The molecule has 1 unspecified atom stereocenters. The molecular formula is C20H33N3O5. The molecule has 1 aromatic rings. The van der Waals surface area contributed by atoms with Crippen LogP contribution in [-0.4, -0.2) is 34.6 Å². The largest absolute Gasteiger partial charge is 0.467 e. The lowest BCUT2D eigenvalue weighted by molar-refractivity contribution is -0.145. The summed E-state index contributed by atoms with van der Waals surface area (Å²) in [5.74, 6) is -0.982. The van der Waals surface area contributed by atoms with Crippen molar-refractivity contribution in [2.75, 3.05) is 7.11 Å². The smallest absolute Gasteiger partial charge is 0.328 e. The van der Waals surface area contributed by atoms with Gasteiger partial charge in [-0.05, 0) is 13.3 Å². The third-order valence-corrected chi connectivity index (χ3v) is 4.67. The first-order valence-corrected chi connectivity index (χ1v) is 10.1. The lowest BCUT2D eigenvalue weighted by Crippen LogP contribution is -2.44. The average molecular weight is 396 g/mol. The molecule has 1 rings (SSSR count). The van der Waals surface area contributed by atoms with Gasteiger partial charge in [-0.2, -0.15) is 0 Å². The normalized spacial score (nSPS) is 11.8. The van der Waals surface area contributed by atoms with Crippen molar-refractivity contribution in [3.05, 3.63) is 32.6 Å². The summed E-state index contributed by atoms with van der Waals surface area (Å²) in [7, 11) is 1.28. The highest BCUT2D eigenvalue weighted by Crippen LogP contribution is 2.11. The van der Waals surface area contributed by atoms with E-state index >= 15 is 0 Å². The number of aromatic amines is 1. The van der Waals surface area contributed by atoms with Gasteiger partial charge in [0.25, 0.3) is 5.56 Å². The van der Waals surface area contributed by atoms with Gasteiger partial charge in [-0.1, -0.05) is 58.3 Å². The number of H-pyrrole nitrogens is 1. The Morgan fingerprint density at radius 3 is 2.32 bits per heavy atom. The molecule has 1 aromatic heterocycles. The van der Waals surface area contributed by atoms with Gasteiger partial charge in [-0.3, -0.25) is 19.1 Å². The number of nitrogens with one attached hydrogen (secondary N) is 2. The van der Waals surface area contributed by atoms with Crippen LogP contribution in [0.5, 0.6) is 0 Å². The lowest BCUT2D eigenvalue weighted by atomic mass is 10.0. The molecule has 1 heterocycles. The van der Waals surface area contributed by atoms with E-state index in [1.165, 1.54) is 45.4 Å². The molecule has 158 valence electrons. The van der Waals surface area contributed by atoms with E-state index in [0.29, 0.717) is 12.0 Å². The van der Waals surface area contributed by atoms with Crippen molar-refractivity contribution in [1.29, 1.82) is 0 Å². The van der Waals surface area contributed by atoms with Gasteiger partial charge >= 0.3 is 11.7 Å². The molecule has 8 heteroatoms. The van der Waals surface area contributed by atoms with Gasteiger partial charge in [0.15, 0.2) is 0 Å². The van der Waals surface area contributed by atoms with Crippen molar-refractivity contribution < 1.29 is 14.3 Å². The average Bonchev–Trinajstić information content (AvgIpc) is 2.66. The number of nitrogens with zero attached hydrogens (tertiary/aromatic N) is 1. The van der Waals surface area contributed by atoms with Crippen LogP contribution in [0.3, 0.4) is 0 Å². The number of aromatic nitrogens is 2. The van der Waals surface area contributed by atoms with Crippen LogP contribution < -0.4 is 16.6 Å². The van der Waals surface area contributed by atoms with Crippen molar-refractivity contribution >= 4 is 11.9 Å². The topological polar surface area (TPSA) is 110 Å². The van der Waals surface area contributed by atoms with Crippen molar-refractivity contribution in [3.8, 4) is 0 Å². The lowest BCUT2D eigenvalue weighted by Gasteiger charge is -2.17. The van der Waals surface area contributed by atoms with Gasteiger partial charge in [-0.25, -0.2) is 9.59 Å². The predicted molar refractivity (Wildman–Crippen MR) is 107 cm³/mol. The Kier molecular flexibility index (Phi) is 10.9. The summed E-state index contributed by atoms with van der Waals surface area (Å²) in [6.07, 6.45) is 10.9. The molecule has 28 heavy (non-hydrogen) atoms. The minimum atomic E-state index is -0.739. The van der Waals surface area contributed by atoms with Crippen LogP contribution in [0.1, 0.15) is 70.3 Å². The summed E-state index contributed by atoms with van der Waals surface area (Å²) in [4.78, 5) is 49.5. The fourth-order valence-electron chi connectivity index (χ4n) is 3.00. The number of carbonyl (C=O) groups is 2. The molecule has 0 radical (unpaired) electrons. The summed E-state index contributed by atoms with van der Waals surface area (Å²) in [6, 6.07) is -0.739. The van der Waals surface area contributed by atoms with Crippen LogP contribution in [0, 0.1) is 6.92 Å². The third-order valence-electron chi connectivity index (χ3n) is 4.67. The van der Waals surface area contributed by atoms with E-state index in [2.05, 4.69) is 17.2 Å². The first kappa shape index (κ1) is 23.7.